The quantitative estimate of drug-likeness (QED) is 0.745. The molecule has 0 spiro atoms. The van der Waals surface area contributed by atoms with E-state index in [0.29, 0.717) is 30.2 Å². The van der Waals surface area contributed by atoms with Crippen molar-refractivity contribution in [2.45, 2.75) is 71.8 Å². The van der Waals surface area contributed by atoms with E-state index in [2.05, 4.69) is 26.1 Å². The van der Waals surface area contributed by atoms with Crippen molar-refractivity contribution in [3.63, 3.8) is 0 Å². The monoisotopic (exact) mass is 268 g/mol. The molecule has 0 heterocycles. The van der Waals surface area contributed by atoms with Crippen molar-refractivity contribution >= 4 is 5.91 Å². The van der Waals surface area contributed by atoms with E-state index in [1.165, 1.54) is 32.1 Å². The van der Waals surface area contributed by atoms with Gasteiger partial charge in [-0.2, -0.15) is 0 Å². The van der Waals surface area contributed by atoms with E-state index in [1.54, 1.807) is 0 Å². The van der Waals surface area contributed by atoms with Gasteiger partial charge < -0.3 is 11.1 Å². The first-order valence-electron chi connectivity index (χ1n) is 8.04. The third-order valence-electron chi connectivity index (χ3n) is 4.63. The zero-order chi connectivity index (χ0) is 14.3. The zero-order valence-corrected chi connectivity index (χ0v) is 13.0. The molecule has 1 aliphatic carbocycles. The molecule has 1 aliphatic rings. The molecule has 112 valence electrons. The maximum atomic E-state index is 12.0. The minimum atomic E-state index is 0.243. The second kappa shape index (κ2) is 8.57. The summed E-state index contributed by atoms with van der Waals surface area (Å²) in [7, 11) is 0. The van der Waals surface area contributed by atoms with Crippen LogP contribution in [0.25, 0.3) is 0 Å². The number of hydrogen-bond donors (Lipinski definition) is 2. The first-order valence-corrected chi connectivity index (χ1v) is 8.04. The van der Waals surface area contributed by atoms with Crippen LogP contribution in [0.4, 0.5) is 0 Å². The third-order valence-corrected chi connectivity index (χ3v) is 4.63. The van der Waals surface area contributed by atoms with Gasteiger partial charge in [-0.1, -0.05) is 20.3 Å². The van der Waals surface area contributed by atoms with Crippen molar-refractivity contribution in [2.75, 3.05) is 6.54 Å². The van der Waals surface area contributed by atoms with Crippen LogP contribution in [0.2, 0.25) is 0 Å². The summed E-state index contributed by atoms with van der Waals surface area (Å²) < 4.78 is 0. The van der Waals surface area contributed by atoms with Gasteiger partial charge in [0, 0.05) is 12.5 Å². The fraction of sp³-hybridized carbons (Fsp3) is 0.938. The summed E-state index contributed by atoms with van der Waals surface area (Å²) in [6, 6.07) is 0.308. The van der Waals surface area contributed by atoms with Gasteiger partial charge in [0.2, 0.25) is 5.91 Å². The van der Waals surface area contributed by atoms with Gasteiger partial charge in [-0.25, -0.2) is 0 Å². The van der Waals surface area contributed by atoms with Crippen molar-refractivity contribution in [3.8, 4) is 0 Å². The van der Waals surface area contributed by atoms with Gasteiger partial charge in [-0.3, -0.25) is 4.79 Å². The number of rotatable bonds is 7. The molecule has 2 unspecified atom stereocenters. The molecule has 3 heteroatoms. The van der Waals surface area contributed by atoms with Crippen LogP contribution in [0.5, 0.6) is 0 Å². The van der Waals surface area contributed by atoms with Gasteiger partial charge in [-0.15, -0.1) is 0 Å². The fourth-order valence-corrected chi connectivity index (χ4v) is 3.10. The Hall–Kier alpha value is -0.570. The van der Waals surface area contributed by atoms with Crippen LogP contribution in [-0.2, 0) is 4.79 Å². The molecule has 1 saturated carbocycles. The zero-order valence-electron chi connectivity index (χ0n) is 13.0. The van der Waals surface area contributed by atoms with Crippen molar-refractivity contribution in [2.24, 2.45) is 23.5 Å². The van der Waals surface area contributed by atoms with Gasteiger partial charge in [0.15, 0.2) is 0 Å². The standard InChI is InChI=1S/C16H32N2O/c1-4-12(2)9-13(3)18-16(19)10-14-5-7-15(11-17)8-6-14/h12-15H,4-11,17H2,1-3H3,(H,18,19). The highest BCUT2D eigenvalue weighted by molar-refractivity contribution is 5.76. The van der Waals surface area contributed by atoms with Gasteiger partial charge in [0.05, 0.1) is 0 Å². The second-order valence-electron chi connectivity index (χ2n) is 6.54. The molecule has 2 atom stereocenters. The third kappa shape index (κ3) is 6.42. The molecule has 0 aliphatic heterocycles. The van der Waals surface area contributed by atoms with Crippen LogP contribution >= 0.6 is 0 Å². The summed E-state index contributed by atoms with van der Waals surface area (Å²) in [5.74, 6) is 2.21. The molecule has 1 amide bonds. The Balaban J connectivity index is 2.20. The fourth-order valence-electron chi connectivity index (χ4n) is 3.10. The maximum Gasteiger partial charge on any atom is 0.220 e. The van der Waals surface area contributed by atoms with Gasteiger partial charge >= 0.3 is 0 Å². The normalized spacial score (nSPS) is 26.7. The minimum Gasteiger partial charge on any atom is -0.354 e. The largest absolute Gasteiger partial charge is 0.354 e. The van der Waals surface area contributed by atoms with Crippen molar-refractivity contribution in [1.82, 2.24) is 5.32 Å². The summed E-state index contributed by atoms with van der Waals surface area (Å²) in [4.78, 5) is 12.0. The van der Waals surface area contributed by atoms with E-state index < -0.39 is 0 Å². The van der Waals surface area contributed by atoms with Crippen LogP contribution in [0.1, 0.15) is 65.7 Å². The summed E-state index contributed by atoms with van der Waals surface area (Å²) in [5, 5.41) is 3.15. The van der Waals surface area contributed by atoms with Crippen LogP contribution in [-0.4, -0.2) is 18.5 Å². The maximum absolute atomic E-state index is 12.0. The lowest BCUT2D eigenvalue weighted by atomic mass is 9.80. The molecular formula is C16H32N2O. The van der Waals surface area contributed by atoms with Gasteiger partial charge in [0.25, 0.3) is 0 Å². The van der Waals surface area contributed by atoms with Crippen LogP contribution in [0.3, 0.4) is 0 Å². The van der Waals surface area contributed by atoms with Gasteiger partial charge in [0.1, 0.15) is 0 Å². The lowest BCUT2D eigenvalue weighted by Crippen LogP contribution is -2.35. The number of nitrogens with one attached hydrogen (secondary N) is 1. The Morgan fingerprint density at radius 3 is 2.32 bits per heavy atom. The highest BCUT2D eigenvalue weighted by Gasteiger charge is 2.22. The van der Waals surface area contributed by atoms with E-state index in [0.717, 1.165) is 13.0 Å². The summed E-state index contributed by atoms with van der Waals surface area (Å²) in [5.41, 5.74) is 5.70. The Morgan fingerprint density at radius 1 is 1.21 bits per heavy atom. The van der Waals surface area contributed by atoms with E-state index in [1.807, 2.05) is 0 Å². The average molecular weight is 268 g/mol. The predicted octanol–water partition coefficient (Wildman–Crippen LogP) is 3.08. The van der Waals surface area contributed by atoms with E-state index in [4.69, 9.17) is 5.73 Å². The number of nitrogens with two attached hydrogens (primary N) is 1. The molecule has 0 saturated heterocycles. The average Bonchev–Trinajstić information content (AvgIpc) is 2.39. The highest BCUT2D eigenvalue weighted by Crippen LogP contribution is 2.30. The number of carbonyl (C=O) groups excluding carboxylic acids is 1. The summed E-state index contributed by atoms with van der Waals surface area (Å²) >= 11 is 0. The van der Waals surface area contributed by atoms with Crippen molar-refractivity contribution < 1.29 is 4.79 Å². The number of carbonyl (C=O) groups is 1. The molecule has 1 fully saturated rings. The Kier molecular flexibility index (Phi) is 7.44. The summed E-state index contributed by atoms with van der Waals surface area (Å²) in [6.07, 6.45) is 7.74. The highest BCUT2D eigenvalue weighted by atomic mass is 16.1. The topological polar surface area (TPSA) is 55.1 Å². The smallest absolute Gasteiger partial charge is 0.220 e. The molecule has 19 heavy (non-hydrogen) atoms. The van der Waals surface area contributed by atoms with Crippen LogP contribution < -0.4 is 11.1 Å². The van der Waals surface area contributed by atoms with E-state index in [9.17, 15) is 4.79 Å². The van der Waals surface area contributed by atoms with Crippen LogP contribution in [0.15, 0.2) is 0 Å². The molecule has 0 radical (unpaired) electrons. The van der Waals surface area contributed by atoms with Gasteiger partial charge in [-0.05, 0) is 63.3 Å². The van der Waals surface area contributed by atoms with Crippen molar-refractivity contribution in [3.05, 3.63) is 0 Å². The number of amides is 1. The number of hydrogen-bond acceptors (Lipinski definition) is 2. The molecule has 0 aromatic rings. The molecule has 0 aromatic carbocycles. The summed E-state index contributed by atoms with van der Waals surface area (Å²) in [6.45, 7) is 7.38. The first kappa shape index (κ1) is 16.5. The molecule has 3 nitrogen and oxygen atoms in total. The van der Waals surface area contributed by atoms with Crippen molar-refractivity contribution in [1.29, 1.82) is 0 Å². The Morgan fingerprint density at radius 2 is 1.79 bits per heavy atom. The lowest BCUT2D eigenvalue weighted by molar-refractivity contribution is -0.123. The first-order chi connectivity index (χ1) is 9.05. The van der Waals surface area contributed by atoms with Crippen LogP contribution in [0, 0.1) is 17.8 Å². The SMILES string of the molecule is CCC(C)CC(C)NC(=O)CC1CCC(CN)CC1. The molecule has 1 rings (SSSR count). The second-order valence-corrected chi connectivity index (χ2v) is 6.54. The molecule has 0 aromatic heterocycles. The molecular weight excluding hydrogens is 236 g/mol. The van der Waals surface area contributed by atoms with E-state index in [-0.39, 0.29) is 5.91 Å². The minimum absolute atomic E-state index is 0.243. The molecule has 0 bridgehead atoms. The molecule has 3 N–H and O–H groups in total. The predicted molar refractivity (Wildman–Crippen MR) is 80.8 cm³/mol. The van der Waals surface area contributed by atoms with E-state index >= 15 is 0 Å². The Labute approximate surface area is 118 Å². The Bertz CT molecular complexity index is 259. The lowest BCUT2D eigenvalue weighted by Gasteiger charge is -2.27.